The van der Waals surface area contributed by atoms with E-state index in [1.165, 1.54) is 12.3 Å². The molecule has 0 saturated carbocycles. The minimum Gasteiger partial charge on any atom is -0.494 e. The van der Waals surface area contributed by atoms with Crippen LogP contribution in [0.5, 0.6) is 5.75 Å². The van der Waals surface area contributed by atoms with E-state index in [1.807, 2.05) is 30.6 Å². The van der Waals surface area contributed by atoms with Crippen molar-refractivity contribution in [3.63, 3.8) is 0 Å². The Morgan fingerprint density at radius 1 is 1.15 bits per heavy atom. The Bertz CT molecular complexity index is 744. The number of fused-ring (bicyclic) bond motifs is 1. The standard InChI is InChI=1S/C16H15NO3/c18-15-6-11-20-16-5-4-13(12-14(15)16)19-10-3-9-17-7-1-2-8-17/h1-2,4-8,11-12H,3,9-10H2. The zero-order chi connectivity index (χ0) is 13.8. The molecule has 0 unspecified atom stereocenters. The van der Waals surface area contributed by atoms with Crippen LogP contribution in [0, 0.1) is 0 Å². The Kier molecular flexibility index (Phi) is 3.54. The third-order valence-electron chi connectivity index (χ3n) is 3.13. The lowest BCUT2D eigenvalue weighted by atomic mass is 10.2. The Labute approximate surface area is 116 Å². The number of rotatable bonds is 5. The van der Waals surface area contributed by atoms with Crippen molar-refractivity contribution >= 4 is 11.0 Å². The van der Waals surface area contributed by atoms with Gasteiger partial charge in [0, 0.05) is 25.0 Å². The van der Waals surface area contributed by atoms with Crippen LogP contribution in [-0.4, -0.2) is 11.2 Å². The molecule has 0 radical (unpaired) electrons. The molecule has 2 aromatic heterocycles. The third kappa shape index (κ3) is 2.74. The van der Waals surface area contributed by atoms with E-state index in [9.17, 15) is 4.79 Å². The van der Waals surface area contributed by atoms with Gasteiger partial charge in [0.05, 0.1) is 18.3 Å². The van der Waals surface area contributed by atoms with E-state index < -0.39 is 0 Å². The lowest BCUT2D eigenvalue weighted by Gasteiger charge is -2.07. The zero-order valence-electron chi connectivity index (χ0n) is 11.0. The van der Waals surface area contributed by atoms with Crippen molar-refractivity contribution in [3.8, 4) is 5.75 Å². The lowest BCUT2D eigenvalue weighted by molar-refractivity contribution is 0.302. The van der Waals surface area contributed by atoms with Crippen LogP contribution >= 0.6 is 0 Å². The molecule has 4 nitrogen and oxygen atoms in total. The molecule has 4 heteroatoms. The monoisotopic (exact) mass is 269 g/mol. The second-order valence-electron chi connectivity index (χ2n) is 4.57. The largest absolute Gasteiger partial charge is 0.494 e. The first kappa shape index (κ1) is 12.5. The summed E-state index contributed by atoms with van der Waals surface area (Å²) in [6.45, 7) is 1.53. The first-order valence-electron chi connectivity index (χ1n) is 6.58. The van der Waals surface area contributed by atoms with Crippen LogP contribution in [-0.2, 0) is 6.54 Å². The molecule has 0 aliphatic rings. The quantitative estimate of drug-likeness (QED) is 0.669. The predicted octanol–water partition coefficient (Wildman–Crippen LogP) is 3.06. The second kappa shape index (κ2) is 5.65. The van der Waals surface area contributed by atoms with E-state index in [2.05, 4.69) is 4.57 Å². The molecular formula is C16H15NO3. The molecule has 0 fully saturated rings. The summed E-state index contributed by atoms with van der Waals surface area (Å²) < 4.78 is 13.0. The van der Waals surface area contributed by atoms with Gasteiger partial charge >= 0.3 is 0 Å². The molecule has 0 aliphatic carbocycles. The van der Waals surface area contributed by atoms with Crippen LogP contribution in [0.4, 0.5) is 0 Å². The molecule has 0 aliphatic heterocycles. The van der Waals surface area contributed by atoms with Crippen LogP contribution in [0.3, 0.4) is 0 Å². The normalized spacial score (nSPS) is 10.8. The van der Waals surface area contributed by atoms with Crippen molar-refractivity contribution in [2.24, 2.45) is 0 Å². The second-order valence-corrected chi connectivity index (χ2v) is 4.57. The van der Waals surface area contributed by atoms with E-state index in [0.29, 0.717) is 23.3 Å². The van der Waals surface area contributed by atoms with Gasteiger partial charge in [0.1, 0.15) is 11.3 Å². The van der Waals surface area contributed by atoms with Gasteiger partial charge in [-0.05, 0) is 36.8 Å². The van der Waals surface area contributed by atoms with Crippen molar-refractivity contribution in [2.75, 3.05) is 6.61 Å². The van der Waals surface area contributed by atoms with Crippen molar-refractivity contribution in [3.05, 3.63) is 65.3 Å². The van der Waals surface area contributed by atoms with E-state index in [-0.39, 0.29) is 5.43 Å². The summed E-state index contributed by atoms with van der Waals surface area (Å²) in [6.07, 6.45) is 6.38. The van der Waals surface area contributed by atoms with Crippen molar-refractivity contribution in [1.29, 1.82) is 0 Å². The highest BCUT2D eigenvalue weighted by molar-refractivity contribution is 5.77. The van der Waals surface area contributed by atoms with Gasteiger partial charge in [-0.3, -0.25) is 4.79 Å². The minimum absolute atomic E-state index is 0.0518. The SMILES string of the molecule is O=c1ccoc2ccc(OCCCn3cccc3)cc12. The fraction of sp³-hybridized carbons (Fsp3) is 0.188. The van der Waals surface area contributed by atoms with Gasteiger partial charge < -0.3 is 13.7 Å². The number of hydrogen-bond donors (Lipinski definition) is 0. The summed E-state index contributed by atoms with van der Waals surface area (Å²) in [5, 5.41) is 0.551. The summed E-state index contributed by atoms with van der Waals surface area (Å²) in [4.78, 5) is 11.7. The molecule has 3 rings (SSSR count). The van der Waals surface area contributed by atoms with E-state index in [0.717, 1.165) is 13.0 Å². The molecule has 0 bridgehead atoms. The number of nitrogens with zero attached hydrogens (tertiary/aromatic N) is 1. The average Bonchev–Trinajstić information content (AvgIpc) is 2.98. The fourth-order valence-corrected chi connectivity index (χ4v) is 2.11. The molecular weight excluding hydrogens is 254 g/mol. The molecule has 1 aromatic carbocycles. The third-order valence-corrected chi connectivity index (χ3v) is 3.13. The van der Waals surface area contributed by atoms with Gasteiger partial charge in [-0.15, -0.1) is 0 Å². The first-order valence-corrected chi connectivity index (χ1v) is 6.58. The van der Waals surface area contributed by atoms with Gasteiger partial charge in [0.25, 0.3) is 0 Å². The summed E-state index contributed by atoms with van der Waals surface area (Å²) in [5.74, 6) is 0.698. The van der Waals surface area contributed by atoms with Gasteiger partial charge in [-0.1, -0.05) is 0 Å². The van der Waals surface area contributed by atoms with E-state index in [1.54, 1.807) is 12.1 Å². The summed E-state index contributed by atoms with van der Waals surface area (Å²) in [5.41, 5.74) is 0.529. The Morgan fingerprint density at radius 3 is 2.85 bits per heavy atom. The van der Waals surface area contributed by atoms with Gasteiger partial charge in [0.15, 0.2) is 5.43 Å². The van der Waals surface area contributed by atoms with Crippen LogP contribution in [0.15, 0.2) is 64.3 Å². The molecule has 0 amide bonds. The number of aryl methyl sites for hydroxylation is 1. The molecule has 0 saturated heterocycles. The molecule has 3 aromatic rings. The van der Waals surface area contributed by atoms with Crippen molar-refractivity contribution < 1.29 is 9.15 Å². The van der Waals surface area contributed by atoms with Gasteiger partial charge in [0.2, 0.25) is 0 Å². The molecule has 102 valence electrons. The first-order chi connectivity index (χ1) is 9.83. The highest BCUT2D eigenvalue weighted by Gasteiger charge is 2.02. The maximum Gasteiger partial charge on any atom is 0.192 e. The van der Waals surface area contributed by atoms with E-state index >= 15 is 0 Å². The molecule has 0 atom stereocenters. The number of aromatic nitrogens is 1. The Hall–Kier alpha value is -2.49. The minimum atomic E-state index is -0.0518. The number of ether oxygens (including phenoxy) is 1. The van der Waals surface area contributed by atoms with Crippen LogP contribution in [0.2, 0.25) is 0 Å². The Balaban J connectivity index is 1.63. The average molecular weight is 269 g/mol. The molecule has 0 spiro atoms. The lowest BCUT2D eigenvalue weighted by Crippen LogP contribution is -2.04. The summed E-state index contributed by atoms with van der Waals surface area (Å²) in [7, 11) is 0. The van der Waals surface area contributed by atoms with Crippen LogP contribution in [0.1, 0.15) is 6.42 Å². The number of benzene rings is 1. The zero-order valence-corrected chi connectivity index (χ0v) is 11.0. The highest BCUT2D eigenvalue weighted by atomic mass is 16.5. The maximum atomic E-state index is 11.7. The van der Waals surface area contributed by atoms with E-state index in [4.69, 9.17) is 9.15 Å². The predicted molar refractivity (Wildman–Crippen MR) is 77.0 cm³/mol. The van der Waals surface area contributed by atoms with Crippen molar-refractivity contribution in [1.82, 2.24) is 4.57 Å². The molecule has 0 N–H and O–H groups in total. The fourth-order valence-electron chi connectivity index (χ4n) is 2.11. The van der Waals surface area contributed by atoms with Crippen molar-refractivity contribution in [2.45, 2.75) is 13.0 Å². The topological polar surface area (TPSA) is 44.4 Å². The molecule has 20 heavy (non-hydrogen) atoms. The summed E-state index contributed by atoms with van der Waals surface area (Å²) >= 11 is 0. The smallest absolute Gasteiger partial charge is 0.192 e. The van der Waals surface area contributed by atoms with Gasteiger partial charge in [-0.25, -0.2) is 0 Å². The summed E-state index contributed by atoms with van der Waals surface area (Å²) in [6, 6.07) is 10.7. The Morgan fingerprint density at radius 2 is 2.00 bits per heavy atom. The van der Waals surface area contributed by atoms with Crippen LogP contribution in [0.25, 0.3) is 11.0 Å². The van der Waals surface area contributed by atoms with Gasteiger partial charge in [-0.2, -0.15) is 0 Å². The van der Waals surface area contributed by atoms with Crippen LogP contribution < -0.4 is 10.2 Å². The maximum absolute atomic E-state index is 11.7. The number of hydrogen-bond acceptors (Lipinski definition) is 3. The molecule has 2 heterocycles. The highest BCUT2D eigenvalue weighted by Crippen LogP contribution is 2.18.